The minimum atomic E-state index is -0.806. The van der Waals surface area contributed by atoms with Crippen molar-refractivity contribution in [3.05, 3.63) is 29.8 Å². The number of aliphatic carboxylic acids is 1. The maximum absolute atomic E-state index is 12.6. The Morgan fingerprint density at radius 1 is 1.10 bits per heavy atom. The zero-order valence-electron chi connectivity index (χ0n) is 17.3. The second-order valence-corrected chi connectivity index (χ2v) is 8.07. The van der Waals surface area contributed by atoms with Crippen LogP contribution in [0.25, 0.3) is 0 Å². The standard InChI is InChI=1S/C22H29N3O5/c1-2-3-10-25-14-17(13-19(25)26)20(27)23-18-6-4-15(5-7-18)21(28)24-11-8-16(9-12-24)22(29)30/h4-7,16-17H,2-3,8-14H2,1H3,(H,23,27)(H,29,30)/t17-/m1/s1. The number of unbranched alkanes of at least 4 members (excludes halogenated alkanes) is 1. The van der Waals surface area contributed by atoms with Gasteiger partial charge in [0.25, 0.3) is 5.91 Å². The van der Waals surface area contributed by atoms with Gasteiger partial charge >= 0.3 is 5.97 Å². The normalized spacial score (nSPS) is 19.8. The number of carbonyl (C=O) groups is 4. The van der Waals surface area contributed by atoms with Crippen LogP contribution in [0.5, 0.6) is 0 Å². The van der Waals surface area contributed by atoms with Gasteiger partial charge in [0.1, 0.15) is 0 Å². The van der Waals surface area contributed by atoms with E-state index >= 15 is 0 Å². The molecule has 0 saturated carbocycles. The van der Waals surface area contributed by atoms with Gasteiger partial charge in [-0.1, -0.05) is 13.3 Å². The summed E-state index contributed by atoms with van der Waals surface area (Å²) in [5.41, 5.74) is 1.09. The van der Waals surface area contributed by atoms with E-state index in [1.54, 1.807) is 34.1 Å². The Bertz CT molecular complexity index is 799. The molecular weight excluding hydrogens is 386 g/mol. The smallest absolute Gasteiger partial charge is 0.306 e. The Morgan fingerprint density at radius 3 is 2.37 bits per heavy atom. The van der Waals surface area contributed by atoms with Crippen molar-refractivity contribution in [3.63, 3.8) is 0 Å². The molecule has 2 saturated heterocycles. The summed E-state index contributed by atoms with van der Waals surface area (Å²) in [6.07, 6.45) is 3.10. The molecule has 2 aliphatic rings. The van der Waals surface area contributed by atoms with E-state index in [0.717, 1.165) is 12.8 Å². The maximum atomic E-state index is 12.6. The molecule has 0 unspecified atom stereocenters. The molecule has 0 aromatic heterocycles. The zero-order chi connectivity index (χ0) is 21.7. The molecule has 2 heterocycles. The summed E-state index contributed by atoms with van der Waals surface area (Å²) in [5, 5.41) is 11.9. The van der Waals surface area contributed by atoms with E-state index in [-0.39, 0.29) is 36.0 Å². The first-order valence-electron chi connectivity index (χ1n) is 10.6. The van der Waals surface area contributed by atoms with Crippen LogP contribution in [-0.4, -0.2) is 64.8 Å². The predicted octanol–water partition coefficient (Wildman–Crippen LogP) is 2.21. The fourth-order valence-electron chi connectivity index (χ4n) is 3.97. The van der Waals surface area contributed by atoms with Gasteiger partial charge in [-0.15, -0.1) is 0 Å². The topological polar surface area (TPSA) is 107 Å². The van der Waals surface area contributed by atoms with Crippen LogP contribution in [0.1, 0.15) is 49.4 Å². The molecule has 1 aromatic carbocycles. The Morgan fingerprint density at radius 2 is 1.77 bits per heavy atom. The third-order valence-corrected chi connectivity index (χ3v) is 5.90. The lowest BCUT2D eigenvalue weighted by molar-refractivity contribution is -0.143. The van der Waals surface area contributed by atoms with Crippen molar-refractivity contribution in [2.24, 2.45) is 11.8 Å². The number of carbonyl (C=O) groups excluding carboxylic acids is 3. The average Bonchev–Trinajstić information content (AvgIpc) is 3.13. The third kappa shape index (κ3) is 5.17. The number of carboxylic acids is 1. The van der Waals surface area contributed by atoms with E-state index in [4.69, 9.17) is 5.11 Å². The number of carboxylic acid groups (broad SMARTS) is 1. The summed E-state index contributed by atoms with van der Waals surface area (Å²) in [4.78, 5) is 51.7. The highest BCUT2D eigenvalue weighted by Gasteiger charge is 2.34. The molecule has 2 N–H and O–H groups in total. The molecule has 0 bridgehead atoms. The van der Waals surface area contributed by atoms with Crippen LogP contribution in [0.2, 0.25) is 0 Å². The highest BCUT2D eigenvalue weighted by atomic mass is 16.4. The van der Waals surface area contributed by atoms with E-state index in [1.807, 2.05) is 0 Å². The van der Waals surface area contributed by atoms with E-state index in [1.165, 1.54) is 0 Å². The fourth-order valence-corrected chi connectivity index (χ4v) is 3.97. The molecule has 3 amide bonds. The minimum absolute atomic E-state index is 0.0243. The molecule has 8 nitrogen and oxygen atoms in total. The molecule has 0 spiro atoms. The Hall–Kier alpha value is -2.90. The van der Waals surface area contributed by atoms with Crippen molar-refractivity contribution >= 4 is 29.4 Å². The van der Waals surface area contributed by atoms with Crippen LogP contribution < -0.4 is 5.32 Å². The van der Waals surface area contributed by atoms with Crippen LogP contribution in [-0.2, 0) is 14.4 Å². The summed E-state index contributed by atoms with van der Waals surface area (Å²) >= 11 is 0. The van der Waals surface area contributed by atoms with Crippen molar-refractivity contribution in [3.8, 4) is 0 Å². The molecule has 0 radical (unpaired) electrons. The fraction of sp³-hybridized carbons (Fsp3) is 0.545. The zero-order valence-corrected chi connectivity index (χ0v) is 17.3. The first-order chi connectivity index (χ1) is 14.4. The Kier molecular flexibility index (Phi) is 7.07. The van der Waals surface area contributed by atoms with Gasteiger partial charge in [-0.05, 0) is 43.5 Å². The second-order valence-electron chi connectivity index (χ2n) is 8.07. The first kappa shape index (κ1) is 21.8. The van der Waals surface area contributed by atoms with E-state index < -0.39 is 5.97 Å². The Labute approximate surface area is 176 Å². The summed E-state index contributed by atoms with van der Waals surface area (Å²) in [7, 11) is 0. The van der Waals surface area contributed by atoms with Gasteiger partial charge in [-0.2, -0.15) is 0 Å². The van der Waals surface area contributed by atoms with Crippen LogP contribution >= 0.6 is 0 Å². The molecule has 2 fully saturated rings. The maximum Gasteiger partial charge on any atom is 0.306 e. The summed E-state index contributed by atoms with van der Waals surface area (Å²) in [6, 6.07) is 6.69. The van der Waals surface area contributed by atoms with Crippen molar-refractivity contribution < 1.29 is 24.3 Å². The molecule has 8 heteroatoms. The molecule has 0 aliphatic carbocycles. The van der Waals surface area contributed by atoms with Gasteiger partial charge in [-0.3, -0.25) is 19.2 Å². The van der Waals surface area contributed by atoms with Crippen molar-refractivity contribution in [1.82, 2.24) is 9.80 Å². The number of anilines is 1. The largest absolute Gasteiger partial charge is 0.481 e. The van der Waals surface area contributed by atoms with Gasteiger partial charge in [0.2, 0.25) is 11.8 Å². The van der Waals surface area contributed by atoms with E-state index in [0.29, 0.717) is 50.3 Å². The quantitative estimate of drug-likeness (QED) is 0.710. The van der Waals surface area contributed by atoms with Crippen molar-refractivity contribution in [1.29, 1.82) is 0 Å². The monoisotopic (exact) mass is 415 g/mol. The van der Waals surface area contributed by atoms with Gasteiger partial charge in [0, 0.05) is 43.9 Å². The SMILES string of the molecule is CCCCN1C[C@H](C(=O)Nc2ccc(C(=O)N3CCC(C(=O)O)CC3)cc2)CC1=O. The third-order valence-electron chi connectivity index (χ3n) is 5.90. The molecule has 2 aliphatic heterocycles. The second kappa shape index (κ2) is 9.73. The molecule has 1 atom stereocenters. The molecule has 1 aromatic rings. The average molecular weight is 415 g/mol. The number of hydrogen-bond acceptors (Lipinski definition) is 4. The van der Waals surface area contributed by atoms with Gasteiger partial charge < -0.3 is 20.2 Å². The van der Waals surface area contributed by atoms with Gasteiger partial charge in [0.15, 0.2) is 0 Å². The molecule has 30 heavy (non-hydrogen) atoms. The van der Waals surface area contributed by atoms with Crippen molar-refractivity contribution in [2.75, 3.05) is 31.5 Å². The van der Waals surface area contributed by atoms with Gasteiger partial charge in [0.05, 0.1) is 11.8 Å². The number of nitrogens with zero attached hydrogens (tertiary/aromatic N) is 2. The van der Waals surface area contributed by atoms with Crippen LogP contribution in [0.4, 0.5) is 5.69 Å². The van der Waals surface area contributed by atoms with Crippen molar-refractivity contribution in [2.45, 2.75) is 39.0 Å². The number of likely N-dealkylation sites (tertiary alicyclic amines) is 2. The number of amides is 3. The van der Waals surface area contributed by atoms with Crippen LogP contribution in [0.3, 0.4) is 0 Å². The van der Waals surface area contributed by atoms with E-state index in [9.17, 15) is 19.2 Å². The lowest BCUT2D eigenvalue weighted by Crippen LogP contribution is -2.40. The van der Waals surface area contributed by atoms with Gasteiger partial charge in [-0.25, -0.2) is 0 Å². The first-order valence-corrected chi connectivity index (χ1v) is 10.6. The molecular formula is C22H29N3O5. The van der Waals surface area contributed by atoms with Crippen LogP contribution in [0, 0.1) is 11.8 Å². The number of rotatable bonds is 7. The van der Waals surface area contributed by atoms with Crippen LogP contribution in [0.15, 0.2) is 24.3 Å². The lowest BCUT2D eigenvalue weighted by atomic mass is 9.96. The summed E-state index contributed by atoms with van der Waals surface area (Å²) in [5.74, 6) is -1.84. The summed E-state index contributed by atoms with van der Waals surface area (Å²) in [6.45, 7) is 4.07. The molecule has 162 valence electrons. The number of nitrogens with one attached hydrogen (secondary N) is 1. The highest BCUT2D eigenvalue weighted by molar-refractivity contribution is 5.98. The number of piperidine rings is 1. The molecule has 3 rings (SSSR count). The number of benzene rings is 1. The predicted molar refractivity (Wildman–Crippen MR) is 111 cm³/mol. The summed E-state index contributed by atoms with van der Waals surface area (Å²) < 4.78 is 0. The lowest BCUT2D eigenvalue weighted by Gasteiger charge is -2.30. The van der Waals surface area contributed by atoms with E-state index in [2.05, 4.69) is 12.2 Å². The minimum Gasteiger partial charge on any atom is -0.481 e. The number of hydrogen-bond donors (Lipinski definition) is 2. The Balaban J connectivity index is 1.52. The highest BCUT2D eigenvalue weighted by Crippen LogP contribution is 2.22.